The van der Waals surface area contributed by atoms with Crippen LogP contribution in [-0.4, -0.2) is 6.54 Å². The molecule has 1 aromatic carbocycles. The first-order valence-electron chi connectivity index (χ1n) is 6.62. The lowest BCUT2D eigenvalue weighted by molar-refractivity contribution is 0.398. The van der Waals surface area contributed by atoms with Gasteiger partial charge in [-0.15, -0.1) is 0 Å². The molecule has 2 nitrogen and oxygen atoms in total. The molecule has 1 aromatic heterocycles. The monoisotopic (exact) mass is 247 g/mol. The van der Waals surface area contributed by atoms with Gasteiger partial charge in [0.2, 0.25) is 0 Å². The molecule has 1 heterocycles. The third-order valence-corrected chi connectivity index (χ3v) is 3.66. The molecule has 3 rings (SSSR count). The van der Waals surface area contributed by atoms with Gasteiger partial charge in [-0.3, -0.25) is 0 Å². The number of furan rings is 1. The van der Waals surface area contributed by atoms with Gasteiger partial charge in [-0.2, -0.15) is 0 Å². The normalized spacial score (nSPS) is 17.3. The Morgan fingerprint density at radius 2 is 2.22 bits per heavy atom. The molecule has 0 amide bonds. The van der Waals surface area contributed by atoms with E-state index in [1.54, 1.807) is 13.0 Å². The molecular formula is C15H18FNO. The molecule has 0 saturated heterocycles. The van der Waals surface area contributed by atoms with Crippen molar-refractivity contribution < 1.29 is 8.81 Å². The second kappa shape index (κ2) is 4.39. The first-order chi connectivity index (χ1) is 8.70. The molecular weight excluding hydrogens is 229 g/mol. The van der Waals surface area contributed by atoms with E-state index < -0.39 is 0 Å². The SMILES string of the molecule is CCNC(c1cc2ccc(C)c(F)c2o1)C1CC1. The number of hydrogen-bond donors (Lipinski definition) is 1. The molecule has 0 bridgehead atoms. The second-order valence-corrected chi connectivity index (χ2v) is 5.14. The van der Waals surface area contributed by atoms with Gasteiger partial charge < -0.3 is 9.73 Å². The van der Waals surface area contributed by atoms with Crippen molar-refractivity contribution in [2.75, 3.05) is 6.54 Å². The van der Waals surface area contributed by atoms with Crippen LogP contribution in [0.25, 0.3) is 11.0 Å². The summed E-state index contributed by atoms with van der Waals surface area (Å²) in [5.74, 6) is 1.29. The third kappa shape index (κ3) is 1.93. The molecule has 1 unspecified atom stereocenters. The molecule has 96 valence electrons. The standard InChI is InChI=1S/C15H18FNO/c1-3-17-14(10-6-7-10)12-8-11-5-4-9(2)13(16)15(11)18-12/h4-5,8,10,14,17H,3,6-7H2,1-2H3. The van der Waals surface area contributed by atoms with Crippen LogP contribution in [0.4, 0.5) is 4.39 Å². The van der Waals surface area contributed by atoms with Crippen LogP contribution in [0.2, 0.25) is 0 Å². The Morgan fingerprint density at radius 1 is 1.44 bits per heavy atom. The summed E-state index contributed by atoms with van der Waals surface area (Å²) in [6, 6.07) is 5.94. The minimum atomic E-state index is -0.232. The smallest absolute Gasteiger partial charge is 0.170 e. The molecule has 3 heteroatoms. The number of fused-ring (bicyclic) bond motifs is 1. The Hall–Kier alpha value is -1.35. The molecule has 0 aliphatic heterocycles. The average molecular weight is 247 g/mol. The fourth-order valence-electron chi connectivity index (χ4n) is 2.49. The predicted molar refractivity (Wildman–Crippen MR) is 70.1 cm³/mol. The Labute approximate surface area is 106 Å². The Morgan fingerprint density at radius 3 is 2.89 bits per heavy atom. The zero-order chi connectivity index (χ0) is 12.7. The lowest BCUT2D eigenvalue weighted by Gasteiger charge is -2.13. The van der Waals surface area contributed by atoms with Crippen molar-refractivity contribution in [3.63, 3.8) is 0 Å². The van der Waals surface area contributed by atoms with Gasteiger partial charge in [-0.1, -0.05) is 19.1 Å². The van der Waals surface area contributed by atoms with Gasteiger partial charge in [0.15, 0.2) is 11.4 Å². The third-order valence-electron chi connectivity index (χ3n) is 3.66. The van der Waals surface area contributed by atoms with Crippen LogP contribution in [0.3, 0.4) is 0 Å². The van der Waals surface area contributed by atoms with Crippen molar-refractivity contribution in [2.45, 2.75) is 32.7 Å². The molecule has 1 N–H and O–H groups in total. The van der Waals surface area contributed by atoms with E-state index in [9.17, 15) is 4.39 Å². The molecule has 1 atom stereocenters. The summed E-state index contributed by atoms with van der Waals surface area (Å²) in [5.41, 5.74) is 1.03. The van der Waals surface area contributed by atoms with Gasteiger partial charge in [0, 0.05) is 5.39 Å². The number of aryl methyl sites for hydroxylation is 1. The molecule has 0 spiro atoms. The Balaban J connectivity index is 2.04. The number of nitrogens with one attached hydrogen (secondary N) is 1. The molecule has 0 radical (unpaired) electrons. The zero-order valence-corrected chi connectivity index (χ0v) is 10.8. The van der Waals surface area contributed by atoms with Crippen LogP contribution in [0.1, 0.15) is 37.1 Å². The van der Waals surface area contributed by atoms with Gasteiger partial charge in [-0.05, 0) is 43.9 Å². The predicted octanol–water partition coefficient (Wildman–Crippen LogP) is 3.94. The highest BCUT2D eigenvalue weighted by atomic mass is 19.1. The van der Waals surface area contributed by atoms with Crippen molar-refractivity contribution >= 4 is 11.0 Å². The number of benzene rings is 1. The summed E-state index contributed by atoms with van der Waals surface area (Å²) >= 11 is 0. The molecule has 18 heavy (non-hydrogen) atoms. The maximum Gasteiger partial charge on any atom is 0.170 e. The summed E-state index contributed by atoms with van der Waals surface area (Å²) in [6.07, 6.45) is 2.46. The van der Waals surface area contributed by atoms with Gasteiger partial charge >= 0.3 is 0 Å². The highest BCUT2D eigenvalue weighted by Gasteiger charge is 2.34. The highest BCUT2D eigenvalue weighted by Crippen LogP contribution is 2.42. The summed E-state index contributed by atoms with van der Waals surface area (Å²) < 4.78 is 19.7. The average Bonchev–Trinajstić information content (AvgIpc) is 3.10. The maximum absolute atomic E-state index is 14.0. The van der Waals surface area contributed by atoms with Crippen molar-refractivity contribution in [3.8, 4) is 0 Å². The van der Waals surface area contributed by atoms with E-state index in [4.69, 9.17) is 4.42 Å². The van der Waals surface area contributed by atoms with Crippen molar-refractivity contribution in [1.82, 2.24) is 5.32 Å². The first-order valence-corrected chi connectivity index (χ1v) is 6.62. The van der Waals surface area contributed by atoms with E-state index in [2.05, 4.69) is 12.2 Å². The van der Waals surface area contributed by atoms with Gasteiger partial charge in [0.25, 0.3) is 0 Å². The first kappa shape index (κ1) is 11.7. The lowest BCUT2D eigenvalue weighted by Crippen LogP contribution is -2.21. The van der Waals surface area contributed by atoms with Crippen LogP contribution in [0, 0.1) is 18.7 Å². The minimum absolute atomic E-state index is 0.232. The van der Waals surface area contributed by atoms with E-state index in [0.717, 1.165) is 17.7 Å². The quantitative estimate of drug-likeness (QED) is 0.885. The molecule has 1 aliphatic rings. The number of rotatable bonds is 4. The largest absolute Gasteiger partial charge is 0.456 e. The molecule has 1 saturated carbocycles. The Kier molecular flexibility index (Phi) is 2.86. The lowest BCUT2D eigenvalue weighted by atomic mass is 10.1. The second-order valence-electron chi connectivity index (χ2n) is 5.14. The van der Waals surface area contributed by atoms with Crippen molar-refractivity contribution in [2.24, 2.45) is 5.92 Å². The fraction of sp³-hybridized carbons (Fsp3) is 0.467. The van der Waals surface area contributed by atoms with Crippen LogP contribution < -0.4 is 5.32 Å². The highest BCUT2D eigenvalue weighted by molar-refractivity contribution is 5.79. The fourth-order valence-corrected chi connectivity index (χ4v) is 2.49. The van der Waals surface area contributed by atoms with E-state index in [-0.39, 0.29) is 11.9 Å². The maximum atomic E-state index is 14.0. The molecule has 1 aliphatic carbocycles. The van der Waals surface area contributed by atoms with Crippen LogP contribution in [-0.2, 0) is 0 Å². The zero-order valence-electron chi connectivity index (χ0n) is 10.8. The minimum Gasteiger partial charge on any atom is -0.456 e. The summed E-state index contributed by atoms with van der Waals surface area (Å²) in [6.45, 7) is 4.75. The molecule has 2 aromatic rings. The van der Waals surface area contributed by atoms with Crippen LogP contribution in [0.15, 0.2) is 22.6 Å². The molecule has 1 fully saturated rings. The van der Waals surface area contributed by atoms with Crippen LogP contribution >= 0.6 is 0 Å². The van der Waals surface area contributed by atoms with Crippen LogP contribution in [0.5, 0.6) is 0 Å². The summed E-state index contributed by atoms with van der Waals surface area (Å²) in [7, 11) is 0. The van der Waals surface area contributed by atoms with Gasteiger partial charge in [0.1, 0.15) is 5.76 Å². The van der Waals surface area contributed by atoms with E-state index in [1.165, 1.54) is 12.8 Å². The summed E-state index contributed by atoms with van der Waals surface area (Å²) in [5, 5.41) is 4.30. The Bertz CT molecular complexity index is 571. The van der Waals surface area contributed by atoms with E-state index >= 15 is 0 Å². The topological polar surface area (TPSA) is 25.2 Å². The number of halogens is 1. The van der Waals surface area contributed by atoms with Gasteiger partial charge in [0.05, 0.1) is 6.04 Å². The van der Waals surface area contributed by atoms with Crippen molar-refractivity contribution in [3.05, 3.63) is 35.3 Å². The van der Waals surface area contributed by atoms with E-state index in [1.807, 2.05) is 12.1 Å². The van der Waals surface area contributed by atoms with E-state index in [0.29, 0.717) is 17.1 Å². The number of hydrogen-bond acceptors (Lipinski definition) is 2. The van der Waals surface area contributed by atoms with Crippen molar-refractivity contribution in [1.29, 1.82) is 0 Å². The van der Waals surface area contributed by atoms with Gasteiger partial charge in [-0.25, -0.2) is 4.39 Å². The summed E-state index contributed by atoms with van der Waals surface area (Å²) in [4.78, 5) is 0.